The molecule has 15 rings (SSSR count). The number of piperidine rings is 2. The molecule has 2 fully saturated rings. The topological polar surface area (TPSA) is 545 Å². The van der Waals surface area contributed by atoms with Crippen molar-refractivity contribution < 1.29 is 131 Å². The van der Waals surface area contributed by atoms with E-state index in [1.807, 2.05) is 106 Å². The Balaban J connectivity index is 0.000000494. The number of aliphatic hydroxyl groups is 1. The van der Waals surface area contributed by atoms with Gasteiger partial charge in [-0.3, -0.25) is 48.3 Å². The van der Waals surface area contributed by atoms with Crippen LogP contribution in [0, 0.1) is 10.1 Å². The number of nitrogens with one attached hydrogen (secondary N) is 4. The number of nitrogen functional groups attached to an aromatic ring is 2. The third-order valence-electron chi connectivity index (χ3n) is 17.4. The van der Waals surface area contributed by atoms with E-state index in [0.29, 0.717) is 75.8 Å². The number of H-pyrrole nitrogens is 1. The number of ether oxygens (including phenoxy) is 7. The standard InChI is InChI=1S/C16H14N2O2.C15H12N2O2.C13H11BrN4O3.C9H8N2O2.C8H10N2O2.C8H7NO4.C7H7Br.C5H8N2O2.C4H10O3.CH4O.CH4.ClH.Na.H2O/c1-20-16(19)13-8-5-9-14-15(13)17-11-18(14)10-12-6-3-2-4-7-12;18-15(19)12-7-4-8-13-14(12)16-10-17(13)9-11-5-2-1-3-6-11;14-18-6-15-11-7(2-1-3-9(11)18)12(20)16-8-4-5-10(19)17-13(8)21;1-13-9(12)6-3-2-4-7-8(6)11-5-10-7;1-12-8(11)5-3-2-4-6(9)7(5)10;1-13-8(10)6-3-2-4-7(5-6)9(11)12;8-6-7-4-2-1-3-5-7;6-3-1-2-4(8)7-5(3)9;1-5-4(6-2)7-3;1-2;;;;/h2-9,11H,10H2,1H3;1-8,10H,9H2,(H,18,19);1-3,6,8H,4-5H2,(H,16,20)(H,17,19,21);2-5H,1H3,(H,10,11);2-4H,9-10H2,1H3;2-5H,1H3;1-5H,6H2;3H,1-2,6H2,(H,7,8,9);4H,1-3H3;2H,1H3;1H4;1H;;1H2/q;;;;;;;;;;;;+1;/p-1. The Kier molecular flexibility index (Phi) is 50.6. The number of anilines is 2. The summed E-state index contributed by atoms with van der Waals surface area (Å²) < 4.78 is 37.7. The summed E-state index contributed by atoms with van der Waals surface area (Å²) in [4.78, 5) is 142. The summed E-state index contributed by atoms with van der Waals surface area (Å²) in [7, 11) is 10.8. The fraction of sp³-hybridized carbons (Fsp3) is 0.218. The molecule has 0 radical (unpaired) electrons. The number of nitro groups is 1. The second-order valence-corrected chi connectivity index (χ2v) is 26.8. The largest absolute Gasteiger partial charge is 1.00 e. The summed E-state index contributed by atoms with van der Waals surface area (Å²) in [5.41, 5.74) is 28.3. The molecule has 37 nitrogen and oxygen atoms in total. The molecule has 2 atom stereocenters. The Morgan fingerprint density at radius 2 is 0.961 bits per heavy atom. The Bertz CT molecular complexity index is 5750. The number of hydrogen-bond donors (Lipinski definition) is 9. The maximum Gasteiger partial charge on any atom is 1.00 e. The van der Waals surface area contributed by atoms with Crippen LogP contribution >= 0.6 is 44.5 Å². The number of carbonyl (C=O) groups excluding carboxylic acids is 9. The number of nitrogens with two attached hydrogens (primary N) is 3. The van der Waals surface area contributed by atoms with Crippen molar-refractivity contribution in [2.45, 2.75) is 70.1 Å². The normalized spacial score (nSPS) is 12.3. The van der Waals surface area contributed by atoms with E-state index in [2.05, 4.69) is 126 Å². The number of alkyl halides is 1. The van der Waals surface area contributed by atoms with Crippen molar-refractivity contribution in [2.24, 2.45) is 5.73 Å². The number of aromatic amines is 1. The van der Waals surface area contributed by atoms with Crippen molar-refractivity contribution in [3.8, 4) is 0 Å². The van der Waals surface area contributed by atoms with Crippen LogP contribution < -0.4 is 62.7 Å². The van der Waals surface area contributed by atoms with Gasteiger partial charge < -0.3 is 85.5 Å². The number of aromatic carboxylic acids is 1. The van der Waals surface area contributed by atoms with E-state index in [9.17, 15) is 58.1 Å². The van der Waals surface area contributed by atoms with Gasteiger partial charge in [-0.1, -0.05) is 151 Å². The van der Waals surface area contributed by atoms with E-state index in [1.54, 1.807) is 89.6 Å². The monoisotopic (exact) mass is 1920 g/mol. The predicted octanol–water partition coefficient (Wildman–Crippen LogP) is 8.79. The number of carboxylic acids is 1. The average molecular weight is 1920 g/mol. The number of benzene rings is 9. The van der Waals surface area contributed by atoms with Gasteiger partial charge in [-0.05, 0) is 96.3 Å². The smallest absolute Gasteiger partial charge is 0.870 e. The fourth-order valence-corrected chi connectivity index (χ4v) is 12.0. The first-order valence-corrected chi connectivity index (χ1v) is 38.9. The van der Waals surface area contributed by atoms with Crippen molar-refractivity contribution in [1.29, 1.82) is 0 Å². The number of hydrogen-bond acceptors (Lipinski definition) is 28. The molecular formula is C87H97Br2ClN15NaO22. The van der Waals surface area contributed by atoms with Crippen molar-refractivity contribution in [1.82, 2.24) is 53.6 Å². The zero-order valence-corrected chi connectivity index (χ0v) is 76.2. The summed E-state index contributed by atoms with van der Waals surface area (Å²) in [6, 6.07) is 60.7. The van der Waals surface area contributed by atoms with E-state index in [0.717, 1.165) is 46.6 Å². The molecule has 0 aliphatic carbocycles. The summed E-state index contributed by atoms with van der Waals surface area (Å²) in [6.07, 6.45) is 7.91. The minimum absolute atomic E-state index is 0. The predicted molar refractivity (Wildman–Crippen MR) is 483 cm³/mol. The van der Waals surface area contributed by atoms with Crippen LogP contribution in [0.25, 0.3) is 44.1 Å². The van der Waals surface area contributed by atoms with Gasteiger partial charge in [-0.15, -0.1) is 12.4 Å². The van der Waals surface area contributed by atoms with Crippen LogP contribution in [0.1, 0.15) is 112 Å². The van der Waals surface area contributed by atoms with Crippen molar-refractivity contribution in [2.75, 3.05) is 68.3 Å². The van der Waals surface area contributed by atoms with Gasteiger partial charge in [0.15, 0.2) is 0 Å². The minimum Gasteiger partial charge on any atom is -0.870 e. The Hall–Kier alpha value is -13.0. The number of nitro benzene ring substituents is 1. The number of para-hydroxylation sites is 5. The van der Waals surface area contributed by atoms with E-state index in [4.69, 9.17) is 32.2 Å². The third kappa shape index (κ3) is 33.4. The number of fused-ring (bicyclic) bond motifs is 4. The number of imidazole rings is 4. The number of carbonyl (C=O) groups is 10. The van der Waals surface area contributed by atoms with Crippen LogP contribution in [0.2, 0.25) is 0 Å². The molecule has 0 bridgehead atoms. The number of halogens is 3. The number of rotatable bonds is 16. The Labute approximate surface area is 780 Å². The molecule has 4 aromatic heterocycles. The van der Waals surface area contributed by atoms with E-state index < -0.39 is 47.3 Å². The molecule has 2 saturated heterocycles. The number of aromatic nitrogens is 8. The van der Waals surface area contributed by atoms with Crippen LogP contribution in [0.3, 0.4) is 0 Å². The molecule has 2 aliphatic rings. The van der Waals surface area contributed by atoms with Gasteiger partial charge in [0, 0.05) is 71.8 Å². The van der Waals surface area contributed by atoms with Crippen LogP contribution in [-0.2, 0) is 70.8 Å². The molecular weight excluding hydrogens is 1830 g/mol. The quantitative estimate of drug-likeness (QED) is 0.00502. The Morgan fingerprint density at radius 3 is 1.42 bits per heavy atom. The SMILES string of the molecule is BrCc1ccccc1.C.CO.COC(=O)c1cccc(N)c1N.COC(=O)c1cccc([N+](=O)[O-])c1.COC(=O)c1cccc2[nH]cnc12.COC(=O)c1cccc2c1ncn2Cc1ccccc1.COC(OC)OC.Cl.NC1CCC(=O)NC1=O.O=C(O)c1cccc2c1ncn2Cc1ccccc1.O=C1CCC(NC(=O)c2cccc3c2ncn3Br)C(=O)N1.[Na+].[OH-]. The number of methoxy groups -OCH3 is 7. The number of amides is 5. The van der Waals surface area contributed by atoms with Crippen LogP contribution in [-0.4, -0.2) is 193 Å². The molecule has 6 heterocycles. The second kappa shape index (κ2) is 58.3. The molecule has 9 aromatic carbocycles. The van der Waals surface area contributed by atoms with Gasteiger partial charge in [0.25, 0.3) is 18.1 Å². The van der Waals surface area contributed by atoms with Crippen molar-refractivity contribution >= 4 is 165 Å². The molecule has 2 aliphatic heterocycles. The zero-order valence-electron chi connectivity index (χ0n) is 70.2. The molecule has 0 saturated carbocycles. The fourth-order valence-electron chi connectivity index (χ4n) is 11.2. The molecule has 674 valence electrons. The second-order valence-electron chi connectivity index (χ2n) is 25.4. The average Bonchev–Trinajstić information content (AvgIpc) is 1.66. The summed E-state index contributed by atoms with van der Waals surface area (Å²) >= 11 is 6.64. The maximum atomic E-state index is 12.3. The number of aliphatic hydroxyl groups excluding tert-OH is 1. The minimum atomic E-state index is -0.949. The van der Waals surface area contributed by atoms with Gasteiger partial charge in [-0.2, -0.15) is 0 Å². The molecule has 13 aromatic rings. The number of esters is 4. The summed E-state index contributed by atoms with van der Waals surface area (Å²) in [5.74, 6) is -4.48. The molecule has 2 unspecified atom stereocenters. The number of non-ortho nitro benzene ring substituents is 1. The van der Waals surface area contributed by atoms with Crippen molar-refractivity contribution in [3.05, 3.63) is 292 Å². The molecule has 13 N–H and O–H groups in total. The first-order chi connectivity index (χ1) is 59.7. The molecule has 0 spiro atoms. The van der Waals surface area contributed by atoms with Crippen LogP contribution in [0.15, 0.2) is 232 Å². The summed E-state index contributed by atoms with van der Waals surface area (Å²) in [5, 5.41) is 34.4. The number of imide groups is 2. The zero-order chi connectivity index (χ0) is 90.8. The third-order valence-corrected chi connectivity index (χ3v) is 18.6. The van der Waals surface area contributed by atoms with E-state index in [-0.39, 0.29) is 119 Å². The number of carboxylic acid groups (broad SMARTS) is 1. The van der Waals surface area contributed by atoms with Gasteiger partial charge in [0.05, 0.1) is 141 Å². The van der Waals surface area contributed by atoms with Crippen LogP contribution in [0.4, 0.5) is 17.1 Å². The van der Waals surface area contributed by atoms with Gasteiger partial charge in [0.2, 0.25) is 23.6 Å². The maximum absolute atomic E-state index is 12.3. The molecule has 5 amide bonds. The molecule has 41 heteroatoms. The van der Waals surface area contributed by atoms with Crippen molar-refractivity contribution in [3.63, 3.8) is 0 Å². The number of nitrogens with zero attached hydrogens (tertiary/aromatic N) is 8. The first-order valence-electron chi connectivity index (χ1n) is 37.0. The summed E-state index contributed by atoms with van der Waals surface area (Å²) in [6.45, 7) is 0.891. The first kappa shape index (κ1) is 111. The van der Waals surface area contributed by atoms with Gasteiger partial charge >= 0.3 is 59.4 Å². The van der Waals surface area contributed by atoms with E-state index in [1.165, 1.54) is 85.2 Å². The van der Waals surface area contributed by atoms with Crippen LogP contribution in [0.5, 0.6) is 0 Å². The van der Waals surface area contributed by atoms with Gasteiger partial charge in [-0.25, -0.2) is 43.9 Å². The molecule has 128 heavy (non-hydrogen) atoms. The van der Waals surface area contributed by atoms with E-state index >= 15 is 0 Å². The van der Waals surface area contributed by atoms with Gasteiger partial charge in [0.1, 0.15) is 34.4 Å². The Morgan fingerprint density at radius 1 is 0.539 bits per heavy atom.